The maximum absolute atomic E-state index is 12.7. The first kappa shape index (κ1) is 17.3. The Bertz CT molecular complexity index is 1170. The molecule has 1 N–H and O–H groups in total. The highest BCUT2D eigenvalue weighted by atomic mass is 32.1. The van der Waals surface area contributed by atoms with E-state index in [4.69, 9.17) is 12.2 Å². The van der Waals surface area contributed by atoms with Crippen molar-refractivity contribution in [2.45, 2.75) is 0 Å². The lowest BCUT2D eigenvalue weighted by atomic mass is 9.92. The molecule has 132 valence electrons. The molecule has 27 heavy (non-hydrogen) atoms. The Morgan fingerprint density at radius 1 is 1.04 bits per heavy atom. The quantitative estimate of drug-likeness (QED) is 0.382. The number of hydrogen-bond acceptors (Lipinski definition) is 5. The predicted octanol–water partition coefficient (Wildman–Crippen LogP) is 5.16. The van der Waals surface area contributed by atoms with Crippen LogP contribution in [0.2, 0.25) is 0 Å². The van der Waals surface area contributed by atoms with E-state index in [1.165, 1.54) is 16.0 Å². The number of allylic oxidation sites excluding steroid dienone is 2. The Kier molecular flexibility index (Phi) is 4.66. The summed E-state index contributed by atoms with van der Waals surface area (Å²) in [5.74, 6) is -0.157. The van der Waals surface area contributed by atoms with Gasteiger partial charge in [-0.2, -0.15) is 9.78 Å². The van der Waals surface area contributed by atoms with Crippen LogP contribution in [0.25, 0.3) is 12.2 Å². The third kappa shape index (κ3) is 3.45. The Labute approximate surface area is 165 Å². The van der Waals surface area contributed by atoms with Gasteiger partial charge in [0.15, 0.2) is 9.74 Å². The topological polar surface area (TPSA) is 54.6 Å². The van der Waals surface area contributed by atoms with E-state index >= 15 is 0 Å². The van der Waals surface area contributed by atoms with Gasteiger partial charge in [-0.1, -0.05) is 78.1 Å². The van der Waals surface area contributed by atoms with Gasteiger partial charge in [0.2, 0.25) is 5.88 Å². The van der Waals surface area contributed by atoms with Gasteiger partial charge >= 0.3 is 0 Å². The number of carbonyl (C=O) groups is 1. The van der Waals surface area contributed by atoms with Crippen molar-refractivity contribution in [1.29, 1.82) is 0 Å². The van der Waals surface area contributed by atoms with Crippen LogP contribution < -0.4 is 0 Å². The molecule has 1 aliphatic carbocycles. The molecule has 0 fully saturated rings. The van der Waals surface area contributed by atoms with Gasteiger partial charge in [0.25, 0.3) is 0 Å². The fraction of sp³-hybridized carbons (Fsp3) is 0. The van der Waals surface area contributed by atoms with Crippen LogP contribution in [0.5, 0.6) is 5.88 Å². The van der Waals surface area contributed by atoms with Gasteiger partial charge in [0.1, 0.15) is 0 Å². The molecule has 4 rings (SSSR count). The first-order chi connectivity index (χ1) is 13.1. The van der Waals surface area contributed by atoms with Crippen LogP contribution in [0.4, 0.5) is 0 Å². The maximum Gasteiger partial charge on any atom is 0.232 e. The van der Waals surface area contributed by atoms with Crippen molar-refractivity contribution in [3.8, 4) is 5.88 Å². The molecular weight excluding hydrogens is 376 g/mol. The maximum atomic E-state index is 12.7. The Morgan fingerprint density at radius 3 is 2.59 bits per heavy atom. The number of rotatable bonds is 3. The predicted molar refractivity (Wildman–Crippen MR) is 112 cm³/mol. The smallest absolute Gasteiger partial charge is 0.232 e. The van der Waals surface area contributed by atoms with E-state index in [2.05, 4.69) is 5.10 Å². The van der Waals surface area contributed by atoms with Crippen molar-refractivity contribution in [3.63, 3.8) is 0 Å². The van der Waals surface area contributed by atoms with Gasteiger partial charge < -0.3 is 5.11 Å². The van der Waals surface area contributed by atoms with Gasteiger partial charge in [-0.15, -0.1) is 0 Å². The number of nitrogens with zero attached hydrogens (tertiary/aromatic N) is 2. The monoisotopic (exact) mass is 390 g/mol. The molecule has 0 saturated heterocycles. The Balaban J connectivity index is 1.69. The van der Waals surface area contributed by atoms with Crippen LogP contribution in [-0.4, -0.2) is 21.8 Å². The van der Waals surface area contributed by atoms with E-state index in [1.807, 2.05) is 54.6 Å². The van der Waals surface area contributed by atoms with E-state index in [1.54, 1.807) is 24.4 Å². The molecule has 0 atom stereocenters. The van der Waals surface area contributed by atoms with Crippen LogP contribution in [0.15, 0.2) is 71.3 Å². The number of thiazole rings is 1. The number of fused-ring (bicyclic) bond motifs is 1. The first-order valence-electron chi connectivity index (χ1n) is 8.21. The van der Waals surface area contributed by atoms with E-state index in [9.17, 15) is 9.90 Å². The molecule has 0 radical (unpaired) electrons. The second-order valence-corrected chi connectivity index (χ2v) is 7.55. The van der Waals surface area contributed by atoms with Crippen molar-refractivity contribution in [2.24, 2.45) is 5.10 Å². The fourth-order valence-electron chi connectivity index (χ4n) is 2.75. The standard InChI is InChI=1S/C21H14N2O2S2/c24-19-16(11-10-15-8-4-5-9-17(15)19)12-18-20(25)23(21(26)27-18)22-13-14-6-2-1-3-7-14/h1-13,25H/b16-12+,22-13?. The number of carbonyl (C=O) groups excluding carboxylic acids is 1. The lowest BCUT2D eigenvalue weighted by Gasteiger charge is -2.11. The fourth-order valence-corrected chi connectivity index (χ4v) is 3.92. The molecule has 6 heteroatoms. The van der Waals surface area contributed by atoms with Crippen LogP contribution >= 0.6 is 23.6 Å². The first-order valence-corrected chi connectivity index (χ1v) is 9.44. The summed E-state index contributed by atoms with van der Waals surface area (Å²) in [7, 11) is 0. The molecule has 4 nitrogen and oxygen atoms in total. The van der Waals surface area contributed by atoms with Crippen LogP contribution in [0, 0.1) is 3.95 Å². The summed E-state index contributed by atoms with van der Waals surface area (Å²) >= 11 is 6.52. The van der Waals surface area contributed by atoms with Crippen LogP contribution in [0.3, 0.4) is 0 Å². The van der Waals surface area contributed by atoms with Crippen LogP contribution in [0.1, 0.15) is 26.4 Å². The van der Waals surface area contributed by atoms with E-state index in [0.29, 0.717) is 20.0 Å². The summed E-state index contributed by atoms with van der Waals surface area (Å²) in [5.41, 5.74) is 2.93. The zero-order valence-corrected chi connectivity index (χ0v) is 15.7. The van der Waals surface area contributed by atoms with Crippen LogP contribution in [-0.2, 0) is 0 Å². The minimum Gasteiger partial charge on any atom is -0.492 e. The highest BCUT2D eigenvalue weighted by molar-refractivity contribution is 7.73. The second kappa shape index (κ2) is 7.26. The average Bonchev–Trinajstić information content (AvgIpc) is 2.96. The number of benzene rings is 2. The third-order valence-electron chi connectivity index (χ3n) is 4.11. The molecule has 0 bridgehead atoms. The molecular formula is C21H14N2O2S2. The summed E-state index contributed by atoms with van der Waals surface area (Å²) in [5, 5.41) is 14.8. The van der Waals surface area contributed by atoms with Gasteiger partial charge in [-0.25, -0.2) is 0 Å². The number of aromatic nitrogens is 1. The highest BCUT2D eigenvalue weighted by Gasteiger charge is 2.19. The molecule has 0 unspecified atom stereocenters. The zero-order valence-electron chi connectivity index (χ0n) is 14.1. The van der Waals surface area contributed by atoms with E-state index < -0.39 is 0 Å². The molecule has 0 saturated carbocycles. The Hall–Kier alpha value is -3.09. The number of hydrogen-bond donors (Lipinski definition) is 1. The second-order valence-electron chi connectivity index (χ2n) is 5.87. The van der Waals surface area contributed by atoms with Crippen molar-refractivity contribution in [2.75, 3.05) is 0 Å². The molecule has 2 aromatic carbocycles. The lowest BCUT2D eigenvalue weighted by molar-refractivity contribution is 0.103. The lowest BCUT2D eigenvalue weighted by Crippen LogP contribution is -2.07. The molecule has 0 spiro atoms. The Morgan fingerprint density at radius 2 is 1.78 bits per heavy atom. The molecule has 3 aromatic rings. The summed E-state index contributed by atoms with van der Waals surface area (Å²) < 4.78 is 1.70. The average molecular weight is 390 g/mol. The molecule has 0 amide bonds. The number of aromatic hydroxyl groups is 1. The van der Waals surface area contributed by atoms with Gasteiger partial charge in [0, 0.05) is 11.1 Å². The molecule has 1 aliphatic rings. The highest BCUT2D eigenvalue weighted by Crippen LogP contribution is 2.31. The third-order valence-corrected chi connectivity index (χ3v) is 5.40. The normalized spacial score (nSPS) is 14.8. The van der Waals surface area contributed by atoms with E-state index in [0.717, 1.165) is 11.1 Å². The van der Waals surface area contributed by atoms with Crippen molar-refractivity contribution < 1.29 is 9.90 Å². The van der Waals surface area contributed by atoms with Crippen molar-refractivity contribution in [1.82, 2.24) is 4.68 Å². The minimum atomic E-state index is -0.0789. The van der Waals surface area contributed by atoms with Crippen molar-refractivity contribution >= 4 is 47.7 Å². The minimum absolute atomic E-state index is 0.0776. The summed E-state index contributed by atoms with van der Waals surface area (Å²) in [6.45, 7) is 0. The number of Topliss-reactive ketones (excluding diaryl/α,β-unsaturated/α-hetero) is 1. The summed E-state index contributed by atoms with van der Waals surface area (Å²) in [6.07, 6.45) is 6.92. The van der Waals surface area contributed by atoms with Gasteiger partial charge in [-0.3, -0.25) is 4.79 Å². The zero-order chi connectivity index (χ0) is 18.8. The van der Waals surface area contributed by atoms with Gasteiger partial charge in [-0.05, 0) is 29.4 Å². The molecule has 1 aromatic heterocycles. The molecule has 1 heterocycles. The largest absolute Gasteiger partial charge is 0.492 e. The number of ketones is 1. The summed E-state index contributed by atoms with van der Waals surface area (Å²) in [4.78, 5) is 13.2. The summed E-state index contributed by atoms with van der Waals surface area (Å²) in [6, 6.07) is 17.0. The molecule has 0 aliphatic heterocycles. The van der Waals surface area contributed by atoms with Gasteiger partial charge in [0.05, 0.1) is 11.1 Å². The SMILES string of the molecule is O=C1/C(=C/c2sc(=S)n(N=Cc3ccccc3)c2O)C=Cc2ccccc21. The van der Waals surface area contributed by atoms with E-state index in [-0.39, 0.29) is 11.7 Å². The van der Waals surface area contributed by atoms with Crippen molar-refractivity contribution in [3.05, 3.63) is 91.8 Å².